The van der Waals surface area contributed by atoms with Gasteiger partial charge in [-0.1, -0.05) is 12.1 Å². The van der Waals surface area contributed by atoms with Crippen LogP contribution in [-0.4, -0.2) is 14.7 Å². The van der Waals surface area contributed by atoms with Crippen LogP contribution in [0.5, 0.6) is 0 Å². The molecular weight excluding hydrogens is 228 g/mol. The van der Waals surface area contributed by atoms with E-state index in [-0.39, 0.29) is 4.90 Å². The fourth-order valence-electron chi connectivity index (χ4n) is 0.915. The van der Waals surface area contributed by atoms with Crippen LogP contribution in [0.15, 0.2) is 29.2 Å². The Kier molecular flexibility index (Phi) is 3.64. The second kappa shape index (κ2) is 4.35. The molecule has 0 N–H and O–H groups in total. The highest BCUT2D eigenvalue weighted by Gasteiger charge is 2.08. The number of benzene rings is 1. The Labute approximate surface area is 86.7 Å². The second-order valence-electron chi connectivity index (χ2n) is 2.51. The molecule has 0 saturated carbocycles. The van der Waals surface area contributed by atoms with Gasteiger partial charge in [-0.05, 0) is 24.0 Å². The van der Waals surface area contributed by atoms with Crippen molar-refractivity contribution in [3.05, 3.63) is 29.8 Å². The fraction of sp³-hybridized carbons (Fsp3) is 0.250. The van der Waals surface area contributed by atoms with Crippen LogP contribution in [0, 0.1) is 0 Å². The summed E-state index contributed by atoms with van der Waals surface area (Å²) in [4.78, 5) is 0.152. The molecule has 0 bridgehead atoms. The summed E-state index contributed by atoms with van der Waals surface area (Å²) in [5, 5.41) is 0. The van der Waals surface area contributed by atoms with Crippen molar-refractivity contribution in [1.82, 2.24) is 0 Å². The molecule has 1 rings (SSSR count). The average molecular weight is 237 g/mol. The van der Waals surface area contributed by atoms with Gasteiger partial charge in [-0.15, -0.1) is 0 Å². The summed E-state index contributed by atoms with van der Waals surface area (Å²) < 4.78 is 21.7. The van der Waals surface area contributed by atoms with Gasteiger partial charge in [0.1, 0.15) is 0 Å². The van der Waals surface area contributed by atoms with Gasteiger partial charge in [0.15, 0.2) is 0 Å². The van der Waals surface area contributed by atoms with Crippen molar-refractivity contribution in [1.29, 1.82) is 0 Å². The van der Waals surface area contributed by atoms with E-state index in [0.717, 1.165) is 11.3 Å². The molecule has 2 nitrogen and oxygen atoms in total. The third-order valence-corrected chi connectivity index (χ3v) is 3.51. The average Bonchev–Trinajstić information content (AvgIpc) is 2.04. The van der Waals surface area contributed by atoms with Gasteiger partial charge in [0.05, 0.1) is 4.90 Å². The predicted molar refractivity (Wildman–Crippen MR) is 56.7 cm³/mol. The van der Waals surface area contributed by atoms with E-state index in [0.29, 0.717) is 0 Å². The molecule has 0 aliphatic heterocycles. The zero-order valence-electron chi connectivity index (χ0n) is 7.03. The van der Waals surface area contributed by atoms with Crippen molar-refractivity contribution in [3.8, 4) is 0 Å². The largest absolute Gasteiger partial charge is 0.261 e. The van der Waals surface area contributed by atoms with E-state index in [1.54, 1.807) is 23.9 Å². The molecule has 0 heterocycles. The third-order valence-electron chi connectivity index (χ3n) is 1.52. The summed E-state index contributed by atoms with van der Waals surface area (Å²) in [7, 11) is 1.59. The number of rotatable bonds is 3. The fourth-order valence-corrected chi connectivity index (χ4v) is 2.21. The Morgan fingerprint density at radius 3 is 2.23 bits per heavy atom. The van der Waals surface area contributed by atoms with Gasteiger partial charge in [-0.3, -0.25) is 0 Å². The summed E-state index contributed by atoms with van der Waals surface area (Å²) in [6, 6.07) is 6.58. The van der Waals surface area contributed by atoms with Gasteiger partial charge >= 0.3 is 0 Å². The lowest BCUT2D eigenvalue weighted by Gasteiger charge is -1.99. The Morgan fingerprint density at radius 2 is 1.85 bits per heavy atom. The zero-order chi connectivity index (χ0) is 9.90. The van der Waals surface area contributed by atoms with Crippen LogP contribution >= 0.6 is 22.4 Å². The first-order chi connectivity index (χ1) is 6.04. The molecule has 0 aromatic heterocycles. The van der Waals surface area contributed by atoms with Crippen LogP contribution < -0.4 is 0 Å². The first-order valence-electron chi connectivity index (χ1n) is 3.56. The van der Waals surface area contributed by atoms with Gasteiger partial charge in [0.25, 0.3) is 9.05 Å². The molecule has 0 amide bonds. The maximum absolute atomic E-state index is 10.9. The SMILES string of the molecule is CSCc1ccc(S(=O)(=O)Cl)cc1. The van der Waals surface area contributed by atoms with Gasteiger partial charge in [-0.2, -0.15) is 11.8 Å². The first kappa shape index (κ1) is 10.9. The maximum Gasteiger partial charge on any atom is 0.261 e. The van der Waals surface area contributed by atoms with Crippen LogP contribution in [-0.2, 0) is 14.8 Å². The Balaban J connectivity index is 2.94. The normalized spacial score (nSPS) is 11.5. The number of hydrogen-bond donors (Lipinski definition) is 0. The molecule has 0 saturated heterocycles. The second-order valence-corrected chi connectivity index (χ2v) is 5.95. The van der Waals surface area contributed by atoms with Gasteiger partial charge < -0.3 is 0 Å². The molecule has 0 atom stereocenters. The number of hydrogen-bond acceptors (Lipinski definition) is 3. The van der Waals surface area contributed by atoms with Crippen molar-refractivity contribution in [3.63, 3.8) is 0 Å². The first-order valence-corrected chi connectivity index (χ1v) is 7.27. The van der Waals surface area contributed by atoms with Crippen LogP contribution in [0.2, 0.25) is 0 Å². The van der Waals surface area contributed by atoms with Crippen LogP contribution in [0.25, 0.3) is 0 Å². The van der Waals surface area contributed by atoms with E-state index >= 15 is 0 Å². The van der Waals surface area contributed by atoms with Gasteiger partial charge in [-0.25, -0.2) is 8.42 Å². The molecule has 13 heavy (non-hydrogen) atoms. The standard InChI is InChI=1S/C8H9ClO2S2/c1-12-6-7-2-4-8(5-3-7)13(9,10)11/h2-5H,6H2,1H3. The van der Waals surface area contributed by atoms with Crippen LogP contribution in [0.1, 0.15) is 5.56 Å². The molecule has 0 unspecified atom stereocenters. The molecule has 0 aliphatic carbocycles. The lowest BCUT2D eigenvalue weighted by molar-refractivity contribution is 0.609. The molecule has 1 aromatic carbocycles. The highest BCUT2D eigenvalue weighted by molar-refractivity contribution is 8.13. The lowest BCUT2D eigenvalue weighted by atomic mass is 10.2. The minimum absolute atomic E-state index is 0.152. The number of halogens is 1. The summed E-state index contributed by atoms with van der Waals surface area (Å²) in [5.74, 6) is 0.878. The van der Waals surface area contributed by atoms with E-state index in [9.17, 15) is 8.42 Å². The smallest absolute Gasteiger partial charge is 0.207 e. The van der Waals surface area contributed by atoms with Gasteiger partial charge in [0, 0.05) is 16.4 Å². The maximum atomic E-state index is 10.9. The third kappa shape index (κ3) is 3.21. The number of thioether (sulfide) groups is 1. The molecular formula is C8H9ClO2S2. The molecule has 0 fully saturated rings. The van der Waals surface area contributed by atoms with Crippen molar-refractivity contribution in [2.75, 3.05) is 6.26 Å². The van der Waals surface area contributed by atoms with Crippen molar-refractivity contribution in [2.45, 2.75) is 10.6 Å². The monoisotopic (exact) mass is 236 g/mol. The van der Waals surface area contributed by atoms with Crippen molar-refractivity contribution in [2.24, 2.45) is 0 Å². The van der Waals surface area contributed by atoms with E-state index in [2.05, 4.69) is 0 Å². The lowest BCUT2D eigenvalue weighted by Crippen LogP contribution is -1.90. The van der Waals surface area contributed by atoms with Crippen molar-refractivity contribution >= 4 is 31.5 Å². The summed E-state index contributed by atoms with van der Waals surface area (Å²) >= 11 is 1.69. The molecule has 0 spiro atoms. The Hall–Kier alpha value is -0.190. The Bertz CT molecular complexity index is 370. The zero-order valence-corrected chi connectivity index (χ0v) is 9.42. The van der Waals surface area contributed by atoms with E-state index < -0.39 is 9.05 Å². The summed E-state index contributed by atoms with van der Waals surface area (Å²) in [6.45, 7) is 0. The van der Waals surface area contributed by atoms with Crippen LogP contribution in [0.4, 0.5) is 0 Å². The molecule has 5 heteroatoms. The minimum atomic E-state index is -3.57. The highest BCUT2D eigenvalue weighted by atomic mass is 35.7. The molecule has 0 radical (unpaired) electrons. The predicted octanol–water partition coefficient (Wildman–Crippen LogP) is 2.48. The summed E-state index contributed by atoms with van der Waals surface area (Å²) in [5.41, 5.74) is 1.09. The van der Waals surface area contributed by atoms with E-state index in [1.807, 2.05) is 6.26 Å². The van der Waals surface area contributed by atoms with E-state index in [1.165, 1.54) is 12.1 Å². The summed E-state index contributed by atoms with van der Waals surface area (Å²) in [6.07, 6.45) is 1.99. The highest BCUT2D eigenvalue weighted by Crippen LogP contribution is 2.17. The molecule has 0 aliphatic rings. The molecule has 72 valence electrons. The Morgan fingerprint density at radius 1 is 1.31 bits per heavy atom. The minimum Gasteiger partial charge on any atom is -0.207 e. The van der Waals surface area contributed by atoms with Crippen molar-refractivity contribution < 1.29 is 8.42 Å². The van der Waals surface area contributed by atoms with E-state index in [4.69, 9.17) is 10.7 Å². The molecule has 1 aromatic rings. The van der Waals surface area contributed by atoms with Gasteiger partial charge in [0.2, 0.25) is 0 Å². The topological polar surface area (TPSA) is 34.1 Å². The van der Waals surface area contributed by atoms with Crippen LogP contribution in [0.3, 0.4) is 0 Å². The quantitative estimate of drug-likeness (QED) is 0.757.